The Bertz CT molecular complexity index is 1040. The Kier molecular flexibility index (Phi) is 12.7. The number of aromatic nitrogens is 6. The summed E-state index contributed by atoms with van der Waals surface area (Å²) in [5, 5.41) is 22.7. The van der Waals surface area contributed by atoms with Gasteiger partial charge in [-0.25, -0.2) is 0 Å². The van der Waals surface area contributed by atoms with E-state index in [0.717, 1.165) is 0 Å². The zero-order valence-electron chi connectivity index (χ0n) is 23.3. The first-order valence-corrected chi connectivity index (χ1v) is 12.3. The molecule has 0 N–H and O–H groups in total. The monoisotopic (exact) mass is 560 g/mol. The Balaban J connectivity index is 2.02. The second-order valence-corrected chi connectivity index (χ2v) is 9.21. The highest BCUT2D eigenvalue weighted by atomic mass is 17.2. The molecule has 0 aliphatic carbocycles. The molecule has 0 unspecified atom stereocenters. The quantitative estimate of drug-likeness (QED) is 0.123. The van der Waals surface area contributed by atoms with Crippen molar-refractivity contribution in [1.29, 1.82) is 0 Å². The lowest BCUT2D eigenvalue weighted by atomic mass is 9.94. The molecule has 2 aromatic rings. The van der Waals surface area contributed by atoms with Crippen LogP contribution in [0.25, 0.3) is 0 Å². The lowest BCUT2D eigenvalue weighted by Crippen LogP contribution is -2.33. The second-order valence-electron chi connectivity index (χ2n) is 9.21. The molecule has 218 valence electrons. The average molecular weight is 561 g/mol. The summed E-state index contributed by atoms with van der Waals surface area (Å²) in [5.41, 5.74) is -1.60. The molecule has 2 aromatic heterocycles. The first-order valence-electron chi connectivity index (χ1n) is 12.3. The zero-order chi connectivity index (χ0) is 29.4. The highest BCUT2D eigenvalue weighted by Gasteiger charge is 2.31. The summed E-state index contributed by atoms with van der Waals surface area (Å²) in [6.07, 6.45) is 7.16. The summed E-state index contributed by atoms with van der Waals surface area (Å²) in [5.74, 6) is 0.284. The molecule has 0 amide bonds. The van der Waals surface area contributed by atoms with Gasteiger partial charge in [0.25, 0.3) is 23.3 Å². The standard InChI is InChI=1S/C26H36N6O8/c1-9-15-33-19-21(35-17-11-3)27-31-29-23(19)37-39-25(5,6)13-14-26(7,8)40-38-24-20(34-16-10-2)22(28-32-30-24)36-18-12-4/h9-12H,1-4,13-18H2,5-8H3. The fraction of sp³-hybridized carbons (Fsp3) is 0.462. The third kappa shape index (κ3) is 10.5. The normalized spacial score (nSPS) is 11.2. The maximum absolute atomic E-state index is 5.68. The van der Waals surface area contributed by atoms with Crippen LogP contribution in [-0.2, 0) is 9.78 Å². The van der Waals surface area contributed by atoms with Crippen molar-refractivity contribution in [3.8, 4) is 35.0 Å². The Morgan fingerprint density at radius 2 is 0.850 bits per heavy atom. The molecule has 2 heterocycles. The molecule has 0 radical (unpaired) electrons. The summed E-state index contributed by atoms with van der Waals surface area (Å²) in [6, 6.07) is 0. The van der Waals surface area contributed by atoms with Crippen molar-refractivity contribution in [2.45, 2.75) is 51.7 Å². The summed E-state index contributed by atoms with van der Waals surface area (Å²) in [7, 11) is 0. The van der Waals surface area contributed by atoms with Crippen LogP contribution in [0.4, 0.5) is 0 Å². The minimum Gasteiger partial charge on any atom is -0.480 e. The number of nitrogens with zero attached hydrogens (tertiary/aromatic N) is 6. The molecule has 0 fully saturated rings. The molecule has 2 rings (SSSR count). The van der Waals surface area contributed by atoms with Gasteiger partial charge < -0.3 is 28.7 Å². The molecule has 14 heteroatoms. The Morgan fingerprint density at radius 3 is 1.20 bits per heavy atom. The lowest BCUT2D eigenvalue weighted by Gasteiger charge is -2.29. The number of hydrogen-bond acceptors (Lipinski definition) is 14. The molecule has 0 aromatic carbocycles. The summed E-state index contributed by atoms with van der Waals surface area (Å²) in [4.78, 5) is 22.3. The van der Waals surface area contributed by atoms with E-state index < -0.39 is 11.2 Å². The number of ether oxygens (including phenoxy) is 4. The van der Waals surface area contributed by atoms with Gasteiger partial charge in [0, 0.05) is 0 Å². The van der Waals surface area contributed by atoms with E-state index in [1.807, 2.05) is 27.7 Å². The van der Waals surface area contributed by atoms with Crippen LogP contribution in [0.2, 0.25) is 0 Å². The van der Waals surface area contributed by atoms with Gasteiger partial charge in [0.2, 0.25) is 0 Å². The van der Waals surface area contributed by atoms with Crippen molar-refractivity contribution in [1.82, 2.24) is 30.8 Å². The number of hydrogen-bond donors (Lipinski definition) is 0. The molecule has 0 atom stereocenters. The molecular formula is C26H36N6O8. The van der Waals surface area contributed by atoms with Crippen molar-refractivity contribution < 1.29 is 38.5 Å². The topological polar surface area (TPSA) is 151 Å². The molecule has 14 nitrogen and oxygen atoms in total. The van der Waals surface area contributed by atoms with Gasteiger partial charge in [-0.05, 0) is 51.0 Å². The van der Waals surface area contributed by atoms with Gasteiger partial charge in [-0.3, -0.25) is 0 Å². The van der Waals surface area contributed by atoms with Gasteiger partial charge in [0.1, 0.15) is 37.6 Å². The van der Waals surface area contributed by atoms with E-state index in [0.29, 0.717) is 12.8 Å². The van der Waals surface area contributed by atoms with Crippen LogP contribution >= 0.6 is 0 Å². The predicted octanol–water partition coefficient (Wildman–Crippen LogP) is 3.97. The van der Waals surface area contributed by atoms with E-state index >= 15 is 0 Å². The van der Waals surface area contributed by atoms with Crippen molar-refractivity contribution in [3.63, 3.8) is 0 Å². The third-order valence-electron chi connectivity index (χ3n) is 4.71. The van der Waals surface area contributed by atoms with Crippen LogP contribution in [0.15, 0.2) is 50.6 Å². The number of rotatable bonds is 21. The Labute approximate surface area is 233 Å². The maximum atomic E-state index is 5.68. The van der Waals surface area contributed by atoms with E-state index in [1.54, 1.807) is 24.3 Å². The van der Waals surface area contributed by atoms with E-state index in [4.69, 9.17) is 38.5 Å². The van der Waals surface area contributed by atoms with Crippen LogP contribution in [0.5, 0.6) is 35.0 Å². The minimum absolute atomic E-state index is 0.0550. The molecule has 0 aliphatic rings. The predicted molar refractivity (Wildman–Crippen MR) is 143 cm³/mol. The van der Waals surface area contributed by atoms with Crippen LogP contribution in [0.1, 0.15) is 40.5 Å². The fourth-order valence-electron chi connectivity index (χ4n) is 2.67. The summed E-state index contributed by atoms with van der Waals surface area (Å²) >= 11 is 0. The molecule has 40 heavy (non-hydrogen) atoms. The lowest BCUT2D eigenvalue weighted by molar-refractivity contribution is -0.304. The van der Waals surface area contributed by atoms with Crippen LogP contribution in [-0.4, -0.2) is 68.5 Å². The molecule has 0 aliphatic heterocycles. The maximum Gasteiger partial charge on any atom is 0.324 e. The molecular weight excluding hydrogens is 524 g/mol. The van der Waals surface area contributed by atoms with Crippen molar-refractivity contribution in [2.24, 2.45) is 0 Å². The zero-order valence-corrected chi connectivity index (χ0v) is 23.3. The van der Waals surface area contributed by atoms with Gasteiger partial charge in [-0.2, -0.15) is 9.78 Å². The third-order valence-corrected chi connectivity index (χ3v) is 4.71. The minimum atomic E-state index is -0.802. The highest BCUT2D eigenvalue weighted by Crippen LogP contribution is 2.36. The van der Waals surface area contributed by atoms with Crippen molar-refractivity contribution >= 4 is 0 Å². The fourth-order valence-corrected chi connectivity index (χ4v) is 2.67. The van der Waals surface area contributed by atoms with Gasteiger partial charge in [0.05, 0.1) is 0 Å². The summed E-state index contributed by atoms with van der Waals surface area (Å²) in [6.45, 7) is 22.5. The van der Waals surface area contributed by atoms with E-state index in [9.17, 15) is 0 Å². The highest BCUT2D eigenvalue weighted by molar-refractivity contribution is 5.41. The molecule has 0 saturated carbocycles. The van der Waals surface area contributed by atoms with Gasteiger partial charge in [-0.1, -0.05) is 71.0 Å². The van der Waals surface area contributed by atoms with Gasteiger partial charge in [0.15, 0.2) is 0 Å². The smallest absolute Gasteiger partial charge is 0.324 e. The van der Waals surface area contributed by atoms with E-state index in [-0.39, 0.29) is 61.4 Å². The average Bonchev–Trinajstić information content (AvgIpc) is 2.94. The van der Waals surface area contributed by atoms with Gasteiger partial charge >= 0.3 is 11.8 Å². The molecule has 0 bridgehead atoms. The molecule has 0 spiro atoms. The SMILES string of the molecule is C=CCOc1nnnc(OOC(C)(C)CCC(C)(C)OOc2nnnc(OCC=C)c2OCC=C)c1OCC=C. The van der Waals surface area contributed by atoms with Crippen LogP contribution in [0, 0.1) is 0 Å². The molecule has 0 saturated heterocycles. The second kappa shape index (κ2) is 16.0. The first kappa shape index (κ1) is 31.9. The van der Waals surface area contributed by atoms with Crippen LogP contribution < -0.4 is 28.7 Å². The van der Waals surface area contributed by atoms with E-state index in [2.05, 4.69) is 57.1 Å². The first-order chi connectivity index (χ1) is 19.2. The van der Waals surface area contributed by atoms with Gasteiger partial charge in [-0.15, -0.1) is 0 Å². The van der Waals surface area contributed by atoms with Crippen molar-refractivity contribution in [3.05, 3.63) is 50.6 Å². The van der Waals surface area contributed by atoms with Crippen LogP contribution in [0.3, 0.4) is 0 Å². The Morgan fingerprint density at radius 1 is 0.525 bits per heavy atom. The van der Waals surface area contributed by atoms with Crippen molar-refractivity contribution in [2.75, 3.05) is 26.4 Å². The largest absolute Gasteiger partial charge is 0.480 e. The summed E-state index contributed by atoms with van der Waals surface area (Å²) < 4.78 is 22.2. The Hall–Kier alpha value is -4.30. The van der Waals surface area contributed by atoms with E-state index in [1.165, 1.54) is 0 Å².